The van der Waals surface area contributed by atoms with Crippen molar-refractivity contribution in [3.8, 4) is 0 Å². The van der Waals surface area contributed by atoms with Crippen LogP contribution in [-0.4, -0.2) is 36.1 Å². The van der Waals surface area contributed by atoms with Crippen LogP contribution in [0.2, 0.25) is 10.0 Å². The maximum Gasteiger partial charge on any atom is 0.404 e. The average molecular weight is 399 g/mol. The summed E-state index contributed by atoms with van der Waals surface area (Å²) in [4.78, 5) is 26.2. The standard InChI is InChI=1S/C19H24Cl2N2O3/c20-16-7-4-8-17(21)15(16)9-14-12(11-26-19(22)25)10-23(18(14)24)13-5-2-1-3-6-13/h4,7-8,12-14H,1-3,5-6,9-11H2,(H2,22,25). The van der Waals surface area contributed by atoms with E-state index in [1.54, 1.807) is 18.2 Å². The molecule has 0 bridgehead atoms. The molecule has 1 saturated heterocycles. The third kappa shape index (κ3) is 4.26. The lowest BCUT2D eigenvalue weighted by atomic mass is 9.89. The van der Waals surface area contributed by atoms with Crippen molar-refractivity contribution in [2.75, 3.05) is 13.2 Å². The zero-order valence-corrected chi connectivity index (χ0v) is 16.1. The number of carbonyl (C=O) groups is 2. The van der Waals surface area contributed by atoms with Crippen molar-refractivity contribution in [1.82, 2.24) is 4.90 Å². The molecule has 2 amide bonds. The van der Waals surface area contributed by atoms with Crippen LogP contribution < -0.4 is 5.73 Å². The SMILES string of the molecule is NC(=O)OCC1CN(C2CCCCC2)C(=O)C1Cc1c(Cl)cccc1Cl. The Bertz CT molecular complexity index is 656. The molecule has 1 aromatic rings. The van der Waals surface area contributed by atoms with Crippen molar-refractivity contribution in [3.63, 3.8) is 0 Å². The van der Waals surface area contributed by atoms with Crippen LogP contribution in [0.25, 0.3) is 0 Å². The van der Waals surface area contributed by atoms with Gasteiger partial charge in [-0.05, 0) is 37.0 Å². The largest absolute Gasteiger partial charge is 0.449 e. The first-order chi connectivity index (χ1) is 12.5. The summed E-state index contributed by atoms with van der Waals surface area (Å²) in [6.07, 6.45) is 5.22. The second kappa shape index (κ2) is 8.49. The molecule has 2 fully saturated rings. The molecule has 2 aliphatic rings. The topological polar surface area (TPSA) is 72.6 Å². The number of hydrogen-bond donors (Lipinski definition) is 1. The summed E-state index contributed by atoms with van der Waals surface area (Å²) < 4.78 is 5.03. The first-order valence-corrected chi connectivity index (χ1v) is 9.88. The van der Waals surface area contributed by atoms with E-state index in [9.17, 15) is 9.59 Å². The number of benzene rings is 1. The Morgan fingerprint density at radius 3 is 2.46 bits per heavy atom. The highest BCUT2D eigenvalue weighted by Crippen LogP contribution is 2.36. The van der Waals surface area contributed by atoms with Crippen molar-refractivity contribution in [3.05, 3.63) is 33.8 Å². The van der Waals surface area contributed by atoms with E-state index >= 15 is 0 Å². The summed E-state index contributed by atoms with van der Waals surface area (Å²) in [6, 6.07) is 5.61. The van der Waals surface area contributed by atoms with E-state index in [1.807, 2.05) is 4.90 Å². The van der Waals surface area contributed by atoms with Gasteiger partial charge in [-0.2, -0.15) is 0 Å². The fourth-order valence-electron chi connectivity index (χ4n) is 4.17. The smallest absolute Gasteiger partial charge is 0.404 e. The molecule has 0 spiro atoms. The Labute approximate surface area is 163 Å². The number of nitrogens with two attached hydrogens (primary N) is 1. The number of rotatable bonds is 5. The number of ether oxygens (including phenoxy) is 1. The number of likely N-dealkylation sites (tertiary alicyclic amines) is 1. The number of halogens is 2. The molecule has 7 heteroatoms. The second-order valence-electron chi connectivity index (χ2n) is 7.18. The molecule has 5 nitrogen and oxygen atoms in total. The minimum atomic E-state index is -0.817. The minimum Gasteiger partial charge on any atom is -0.449 e. The van der Waals surface area contributed by atoms with Gasteiger partial charge in [0, 0.05) is 28.5 Å². The Kier molecular flexibility index (Phi) is 6.30. The highest BCUT2D eigenvalue weighted by molar-refractivity contribution is 6.36. The molecule has 1 saturated carbocycles. The van der Waals surface area contributed by atoms with E-state index in [0.29, 0.717) is 23.0 Å². The molecule has 0 aromatic heterocycles. The molecule has 26 heavy (non-hydrogen) atoms. The number of hydrogen-bond acceptors (Lipinski definition) is 3. The first kappa shape index (κ1) is 19.3. The molecule has 1 heterocycles. The predicted molar refractivity (Wildman–Crippen MR) is 101 cm³/mol. The molecule has 2 atom stereocenters. The molecule has 142 valence electrons. The van der Waals surface area contributed by atoms with E-state index in [-0.39, 0.29) is 30.4 Å². The zero-order valence-electron chi connectivity index (χ0n) is 14.6. The summed E-state index contributed by atoms with van der Waals surface area (Å²) in [5.74, 6) is -0.316. The van der Waals surface area contributed by atoms with E-state index < -0.39 is 6.09 Å². The van der Waals surface area contributed by atoms with Crippen LogP contribution >= 0.6 is 23.2 Å². The minimum absolute atomic E-state index is 0.103. The van der Waals surface area contributed by atoms with Gasteiger partial charge in [0.25, 0.3) is 0 Å². The number of amides is 2. The van der Waals surface area contributed by atoms with Crippen molar-refractivity contribution < 1.29 is 14.3 Å². The maximum atomic E-state index is 13.2. The van der Waals surface area contributed by atoms with Crippen molar-refractivity contribution >= 4 is 35.2 Å². The molecular formula is C19H24Cl2N2O3. The predicted octanol–water partition coefficient (Wildman–Crippen LogP) is 4.04. The van der Waals surface area contributed by atoms with Gasteiger partial charge in [0.1, 0.15) is 0 Å². The van der Waals surface area contributed by atoms with Gasteiger partial charge in [-0.3, -0.25) is 4.79 Å². The number of nitrogens with zero attached hydrogens (tertiary/aromatic N) is 1. The summed E-state index contributed by atoms with van der Waals surface area (Å²) in [5.41, 5.74) is 5.89. The Balaban J connectivity index is 1.80. The fourth-order valence-corrected chi connectivity index (χ4v) is 4.72. The van der Waals surface area contributed by atoms with Crippen LogP contribution in [0.5, 0.6) is 0 Å². The van der Waals surface area contributed by atoms with E-state index in [2.05, 4.69) is 0 Å². The van der Waals surface area contributed by atoms with Crippen LogP contribution in [0.15, 0.2) is 18.2 Å². The van der Waals surface area contributed by atoms with Gasteiger partial charge in [-0.1, -0.05) is 48.5 Å². The lowest BCUT2D eigenvalue weighted by molar-refractivity contribution is -0.133. The lowest BCUT2D eigenvalue weighted by Crippen LogP contribution is -2.39. The molecule has 3 rings (SSSR count). The third-order valence-electron chi connectivity index (χ3n) is 5.54. The summed E-state index contributed by atoms with van der Waals surface area (Å²) in [7, 11) is 0. The van der Waals surface area contributed by atoms with Gasteiger partial charge in [0.2, 0.25) is 5.91 Å². The quantitative estimate of drug-likeness (QED) is 0.812. The number of primary amides is 1. The Morgan fingerprint density at radius 2 is 1.85 bits per heavy atom. The van der Waals surface area contributed by atoms with E-state index in [1.165, 1.54) is 6.42 Å². The van der Waals surface area contributed by atoms with Gasteiger partial charge in [-0.15, -0.1) is 0 Å². The van der Waals surface area contributed by atoms with Crippen molar-refractivity contribution in [2.45, 2.75) is 44.6 Å². The average Bonchev–Trinajstić information content (AvgIpc) is 2.93. The van der Waals surface area contributed by atoms with E-state index in [4.69, 9.17) is 33.7 Å². The van der Waals surface area contributed by atoms with Crippen LogP contribution in [0, 0.1) is 11.8 Å². The van der Waals surface area contributed by atoms with Crippen molar-refractivity contribution in [2.24, 2.45) is 17.6 Å². The van der Waals surface area contributed by atoms with Gasteiger partial charge in [-0.25, -0.2) is 4.79 Å². The van der Waals surface area contributed by atoms with Gasteiger partial charge in [0.15, 0.2) is 0 Å². The molecule has 1 aliphatic carbocycles. The van der Waals surface area contributed by atoms with Crippen LogP contribution in [0.3, 0.4) is 0 Å². The maximum absolute atomic E-state index is 13.2. The Hall–Kier alpha value is -1.46. The normalized spacial score (nSPS) is 24.1. The third-order valence-corrected chi connectivity index (χ3v) is 6.25. The van der Waals surface area contributed by atoms with E-state index in [0.717, 1.165) is 31.2 Å². The second-order valence-corrected chi connectivity index (χ2v) is 8.00. The summed E-state index contributed by atoms with van der Waals surface area (Å²) >= 11 is 12.6. The molecule has 0 radical (unpaired) electrons. The molecule has 2 unspecified atom stereocenters. The molecular weight excluding hydrogens is 375 g/mol. The summed E-state index contributed by atoms with van der Waals surface area (Å²) in [6.45, 7) is 0.723. The molecule has 1 aromatic carbocycles. The van der Waals surface area contributed by atoms with Crippen molar-refractivity contribution in [1.29, 1.82) is 0 Å². The monoisotopic (exact) mass is 398 g/mol. The van der Waals surface area contributed by atoms with Crippen LogP contribution in [0.4, 0.5) is 4.79 Å². The van der Waals surface area contributed by atoms with Gasteiger partial charge < -0.3 is 15.4 Å². The number of carbonyl (C=O) groups excluding carboxylic acids is 2. The van der Waals surface area contributed by atoms with Crippen LogP contribution in [0.1, 0.15) is 37.7 Å². The highest BCUT2D eigenvalue weighted by atomic mass is 35.5. The molecule has 1 aliphatic heterocycles. The first-order valence-electron chi connectivity index (χ1n) is 9.13. The highest BCUT2D eigenvalue weighted by Gasteiger charge is 2.44. The summed E-state index contributed by atoms with van der Waals surface area (Å²) in [5, 5.41) is 1.10. The zero-order chi connectivity index (χ0) is 18.7. The molecule has 2 N–H and O–H groups in total. The van der Waals surface area contributed by atoms with Gasteiger partial charge >= 0.3 is 6.09 Å². The van der Waals surface area contributed by atoms with Crippen LogP contribution in [-0.2, 0) is 16.0 Å². The lowest BCUT2D eigenvalue weighted by Gasteiger charge is -2.31. The fraction of sp³-hybridized carbons (Fsp3) is 0.579. The van der Waals surface area contributed by atoms with Gasteiger partial charge in [0.05, 0.1) is 12.5 Å². The Morgan fingerprint density at radius 1 is 1.19 bits per heavy atom.